The average molecular weight is 1040 g/mol. The first-order valence-electron chi connectivity index (χ1n) is 23.7. The quantitative estimate of drug-likeness (QED) is 0.0473. The molecule has 1 aliphatic heterocycles. The minimum atomic E-state index is -2.98. The van der Waals surface area contributed by atoms with Gasteiger partial charge in [-0.3, -0.25) is 0 Å². The zero-order valence-corrected chi connectivity index (χ0v) is 44.4. The van der Waals surface area contributed by atoms with Gasteiger partial charge in [0.2, 0.25) is 3.79 Å². The molecule has 0 radical (unpaired) electrons. The molecule has 5 aromatic rings. The molecule has 1 aliphatic rings. The molecule has 71 heavy (non-hydrogen) atoms. The van der Waals surface area contributed by atoms with Gasteiger partial charge in [-0.15, -0.1) is 0 Å². The molecule has 11 nitrogen and oxygen atoms in total. The highest BCUT2D eigenvalue weighted by Crippen LogP contribution is 2.37. The van der Waals surface area contributed by atoms with Crippen LogP contribution in [-0.4, -0.2) is 86.2 Å². The first-order chi connectivity index (χ1) is 33.9. The molecule has 2 N–H and O–H groups in total. The van der Waals surface area contributed by atoms with Gasteiger partial charge < -0.3 is 43.5 Å². The van der Waals surface area contributed by atoms with Crippen molar-refractivity contribution >= 4 is 65.7 Å². The summed E-state index contributed by atoms with van der Waals surface area (Å²) in [5.41, 5.74) is 1.95. The van der Waals surface area contributed by atoms with Crippen LogP contribution in [-0.2, 0) is 52.7 Å². The van der Waals surface area contributed by atoms with E-state index in [1.807, 2.05) is 127 Å². The Hall–Kier alpha value is -4.91. The Balaban J connectivity index is 1.40. The molecular formula is C56H65Cl3N2O9Si. The Morgan fingerprint density at radius 1 is 0.662 bits per heavy atom. The summed E-state index contributed by atoms with van der Waals surface area (Å²) >= 11 is 18.1. The van der Waals surface area contributed by atoms with Crippen LogP contribution in [0.15, 0.2) is 152 Å². The monoisotopic (exact) mass is 1040 g/mol. The highest BCUT2D eigenvalue weighted by molar-refractivity contribution is 6.99. The SMILES string of the molecule is CC(C)(C)OC(=O)NC(C#C[C@@H]1O[C@H](COCc2ccccc2)[C@@H](OCc2ccccc2)[C@H](OCc2ccccc2)[C@H]1NC(=O)OCC(Cl)(Cl)Cl)CCO[Si](c1ccccc1)(c1ccccc1)C(C)(C)C. The second-order valence-electron chi connectivity index (χ2n) is 19.3. The van der Waals surface area contributed by atoms with Gasteiger partial charge >= 0.3 is 12.2 Å². The summed E-state index contributed by atoms with van der Waals surface area (Å²) in [5, 5.41) is 7.83. The van der Waals surface area contributed by atoms with Crippen LogP contribution in [0.3, 0.4) is 0 Å². The standard InChI is InChI=1S/C56H65Cl3N2O9Si/c1-54(2,3)70-53(63)60-44(34-35-68-71(55(4,5)6,45-28-18-10-19-29-45)46-30-20-11-21-31-46)32-33-47-49(61-52(62)67-40-56(57,58)59)51(66-38-43-26-16-9-17-27-43)50(65-37-42-24-14-8-15-25-42)48(69-47)39-64-36-41-22-12-7-13-23-41/h7-31,44,47-51H,34-40H2,1-6H3,(H,60,63)(H,61,62)/t44?,47-,48+,49-,50+,51+/m0/s1. The molecule has 5 aromatic carbocycles. The number of carbonyl (C=O) groups is 2. The highest BCUT2D eigenvalue weighted by atomic mass is 35.6. The number of benzene rings is 5. The summed E-state index contributed by atoms with van der Waals surface area (Å²) in [4.78, 5) is 27.4. The predicted molar refractivity (Wildman–Crippen MR) is 282 cm³/mol. The first-order valence-corrected chi connectivity index (χ1v) is 26.8. The third kappa shape index (κ3) is 17.1. The van der Waals surface area contributed by atoms with Gasteiger partial charge in [0.1, 0.15) is 36.6 Å². The lowest BCUT2D eigenvalue weighted by Crippen LogP contribution is -2.66. The van der Waals surface area contributed by atoms with Gasteiger partial charge in [0.05, 0.1) is 38.5 Å². The number of hydrogen-bond donors (Lipinski definition) is 2. The van der Waals surface area contributed by atoms with E-state index in [2.05, 4.69) is 67.5 Å². The second-order valence-corrected chi connectivity index (χ2v) is 26.1. The van der Waals surface area contributed by atoms with E-state index in [0.29, 0.717) is 0 Å². The van der Waals surface area contributed by atoms with Crippen molar-refractivity contribution in [1.82, 2.24) is 10.6 Å². The van der Waals surface area contributed by atoms with Crippen molar-refractivity contribution in [2.75, 3.05) is 19.8 Å². The number of carbonyl (C=O) groups excluding carboxylic acids is 2. The number of halogens is 3. The molecule has 2 amide bonds. The van der Waals surface area contributed by atoms with Crippen LogP contribution >= 0.6 is 34.8 Å². The number of nitrogens with one attached hydrogen (secondary N) is 2. The van der Waals surface area contributed by atoms with Crippen LogP contribution in [0.2, 0.25) is 5.04 Å². The molecule has 6 atom stereocenters. The molecule has 1 unspecified atom stereocenters. The van der Waals surface area contributed by atoms with Crippen molar-refractivity contribution in [3.8, 4) is 11.8 Å². The molecule has 378 valence electrons. The zero-order valence-electron chi connectivity index (χ0n) is 41.2. The lowest BCUT2D eigenvalue weighted by atomic mass is 9.92. The fraction of sp³-hybridized carbons (Fsp3) is 0.393. The third-order valence-electron chi connectivity index (χ3n) is 11.5. The molecule has 1 heterocycles. The van der Waals surface area contributed by atoms with E-state index >= 15 is 0 Å². The predicted octanol–water partition coefficient (Wildman–Crippen LogP) is 10.5. The minimum Gasteiger partial charge on any atom is -0.445 e. The first kappa shape index (κ1) is 55.4. The van der Waals surface area contributed by atoms with Gasteiger partial charge in [0, 0.05) is 13.0 Å². The van der Waals surface area contributed by atoms with E-state index in [0.717, 1.165) is 27.1 Å². The summed E-state index contributed by atoms with van der Waals surface area (Å²) < 4.78 is 43.4. The number of ether oxygens (including phenoxy) is 6. The van der Waals surface area contributed by atoms with E-state index in [4.69, 9.17) is 67.7 Å². The van der Waals surface area contributed by atoms with Gasteiger partial charge in [0.15, 0.2) is 0 Å². The Kier molecular flexibility index (Phi) is 20.4. The topological polar surface area (TPSA) is 123 Å². The molecule has 15 heteroatoms. The van der Waals surface area contributed by atoms with Crippen molar-refractivity contribution in [2.24, 2.45) is 0 Å². The summed E-state index contributed by atoms with van der Waals surface area (Å²) in [6.07, 6.45) is -4.95. The van der Waals surface area contributed by atoms with Gasteiger partial charge in [0.25, 0.3) is 8.32 Å². The summed E-state index contributed by atoms with van der Waals surface area (Å²) in [5.74, 6) is 6.59. The summed E-state index contributed by atoms with van der Waals surface area (Å²) in [6.45, 7) is 12.3. The largest absolute Gasteiger partial charge is 0.445 e. The molecule has 1 fully saturated rings. The Morgan fingerprint density at radius 2 is 1.14 bits per heavy atom. The van der Waals surface area contributed by atoms with Crippen LogP contribution in [0.5, 0.6) is 0 Å². The van der Waals surface area contributed by atoms with Crippen molar-refractivity contribution in [2.45, 2.75) is 119 Å². The fourth-order valence-corrected chi connectivity index (χ4v) is 13.1. The van der Waals surface area contributed by atoms with Crippen molar-refractivity contribution < 1.29 is 42.4 Å². The number of hydrogen-bond acceptors (Lipinski definition) is 9. The maximum atomic E-state index is 13.8. The van der Waals surface area contributed by atoms with Crippen molar-refractivity contribution in [3.05, 3.63) is 168 Å². The number of rotatable bonds is 19. The number of alkyl carbamates (subject to hydrolysis) is 2. The van der Waals surface area contributed by atoms with Crippen LogP contribution < -0.4 is 21.0 Å². The average Bonchev–Trinajstić information content (AvgIpc) is 3.33. The van der Waals surface area contributed by atoms with Crippen LogP contribution in [0.4, 0.5) is 9.59 Å². The van der Waals surface area contributed by atoms with Gasteiger partial charge in [-0.25, -0.2) is 9.59 Å². The van der Waals surface area contributed by atoms with Gasteiger partial charge in [-0.2, -0.15) is 0 Å². The van der Waals surface area contributed by atoms with E-state index in [1.54, 1.807) is 20.8 Å². The van der Waals surface area contributed by atoms with E-state index < -0.39 is 73.0 Å². The van der Waals surface area contributed by atoms with Crippen LogP contribution in [0.1, 0.15) is 64.7 Å². The minimum absolute atomic E-state index is 0.0636. The molecule has 1 saturated heterocycles. The Morgan fingerprint density at radius 3 is 1.62 bits per heavy atom. The van der Waals surface area contributed by atoms with Crippen LogP contribution in [0.25, 0.3) is 0 Å². The van der Waals surface area contributed by atoms with E-state index in [9.17, 15) is 9.59 Å². The number of alkyl halides is 3. The molecule has 0 spiro atoms. The lowest BCUT2D eigenvalue weighted by Gasteiger charge is -2.45. The fourth-order valence-electron chi connectivity index (χ4n) is 8.39. The summed E-state index contributed by atoms with van der Waals surface area (Å²) in [7, 11) is -2.98. The normalized spacial score (nSPS) is 18.9. The zero-order chi connectivity index (χ0) is 50.9. The Labute approximate surface area is 435 Å². The smallest absolute Gasteiger partial charge is 0.408 e. The van der Waals surface area contributed by atoms with Gasteiger partial charge in [-0.05, 0) is 52.9 Å². The van der Waals surface area contributed by atoms with Gasteiger partial charge in [-0.1, -0.05) is 219 Å². The van der Waals surface area contributed by atoms with Crippen molar-refractivity contribution in [3.63, 3.8) is 0 Å². The lowest BCUT2D eigenvalue weighted by molar-refractivity contribution is -0.221. The van der Waals surface area contributed by atoms with Crippen LogP contribution in [0, 0.1) is 11.8 Å². The van der Waals surface area contributed by atoms with E-state index in [-0.39, 0.29) is 44.5 Å². The molecule has 0 aliphatic carbocycles. The molecule has 0 aromatic heterocycles. The molecular weight excluding hydrogens is 979 g/mol. The Bertz CT molecular complexity index is 2410. The maximum Gasteiger partial charge on any atom is 0.408 e. The maximum absolute atomic E-state index is 13.8. The summed E-state index contributed by atoms with van der Waals surface area (Å²) in [6, 6.07) is 47.9. The molecule has 6 rings (SSSR count). The van der Waals surface area contributed by atoms with Crippen molar-refractivity contribution in [1.29, 1.82) is 0 Å². The number of amides is 2. The third-order valence-corrected chi connectivity index (χ3v) is 16.9. The molecule has 0 bridgehead atoms. The molecule has 0 saturated carbocycles. The van der Waals surface area contributed by atoms with E-state index in [1.165, 1.54) is 0 Å². The second kappa shape index (κ2) is 26.2. The highest BCUT2D eigenvalue weighted by Gasteiger charge is 2.51.